The molecule has 108 valence electrons. The first-order valence-corrected chi connectivity index (χ1v) is 7.69. The Kier molecular flexibility index (Phi) is 3.94. The number of hydrogen-bond acceptors (Lipinski definition) is 4. The minimum atomic E-state index is -4.18. The summed E-state index contributed by atoms with van der Waals surface area (Å²) in [4.78, 5) is 3.71. The van der Waals surface area contributed by atoms with Crippen molar-refractivity contribution in [3.63, 3.8) is 0 Å². The third kappa shape index (κ3) is 2.74. The van der Waals surface area contributed by atoms with Crippen molar-refractivity contribution in [1.29, 1.82) is 0 Å². The van der Waals surface area contributed by atoms with Crippen LogP contribution in [0.4, 0.5) is 18.9 Å². The first-order valence-electron chi connectivity index (χ1n) is 5.01. The molecular weight excluding hydrogens is 337 g/mol. The number of benzene rings is 1. The lowest BCUT2D eigenvalue weighted by Crippen LogP contribution is -2.14. The van der Waals surface area contributed by atoms with Crippen LogP contribution in [0.1, 0.15) is 5.69 Å². The van der Waals surface area contributed by atoms with Crippen LogP contribution < -0.4 is 4.72 Å². The molecule has 0 bridgehead atoms. The molecule has 20 heavy (non-hydrogen) atoms. The van der Waals surface area contributed by atoms with Gasteiger partial charge in [-0.2, -0.15) is 0 Å². The van der Waals surface area contributed by atoms with Crippen LogP contribution in [0.3, 0.4) is 0 Å². The van der Waals surface area contributed by atoms with Crippen LogP contribution in [0.25, 0.3) is 0 Å². The zero-order valence-corrected chi connectivity index (χ0v) is 12.1. The van der Waals surface area contributed by atoms with Crippen molar-refractivity contribution in [3.05, 3.63) is 39.7 Å². The predicted molar refractivity (Wildman–Crippen MR) is 69.0 cm³/mol. The standard InChI is InChI=1S/C10H6ClF3N2O2S2/c1-4-9(19-10(11)15-4)20(17,18)16-6-3-2-5(12)7(13)8(6)14/h2-3,16H,1H3. The number of nitrogens with zero attached hydrogens (tertiary/aromatic N) is 1. The minimum absolute atomic E-state index is 0.00589. The van der Waals surface area contributed by atoms with Gasteiger partial charge < -0.3 is 0 Å². The lowest BCUT2D eigenvalue weighted by Gasteiger charge is -2.08. The monoisotopic (exact) mass is 342 g/mol. The summed E-state index contributed by atoms with van der Waals surface area (Å²) in [5.74, 6) is -4.80. The summed E-state index contributed by atoms with van der Waals surface area (Å²) in [6, 6.07) is 1.39. The van der Waals surface area contributed by atoms with E-state index in [-0.39, 0.29) is 14.4 Å². The number of sulfonamides is 1. The second-order valence-corrected chi connectivity index (χ2v) is 7.13. The van der Waals surface area contributed by atoms with E-state index in [1.54, 1.807) is 0 Å². The highest BCUT2D eigenvalue weighted by atomic mass is 35.5. The van der Waals surface area contributed by atoms with Gasteiger partial charge >= 0.3 is 0 Å². The van der Waals surface area contributed by atoms with Crippen molar-refractivity contribution < 1.29 is 21.6 Å². The van der Waals surface area contributed by atoms with Gasteiger partial charge in [0.25, 0.3) is 10.0 Å². The SMILES string of the molecule is Cc1nc(Cl)sc1S(=O)(=O)Nc1ccc(F)c(F)c1F. The number of halogens is 4. The summed E-state index contributed by atoms with van der Waals surface area (Å²) in [5.41, 5.74) is -0.580. The van der Waals surface area contributed by atoms with Crippen molar-refractivity contribution in [2.24, 2.45) is 0 Å². The number of nitrogens with one attached hydrogen (secondary N) is 1. The normalized spacial score (nSPS) is 11.7. The Bertz CT molecular complexity index is 777. The van der Waals surface area contributed by atoms with Gasteiger partial charge in [0.15, 0.2) is 26.1 Å². The van der Waals surface area contributed by atoms with Gasteiger partial charge in [-0.1, -0.05) is 22.9 Å². The molecule has 0 saturated carbocycles. The Morgan fingerprint density at radius 3 is 2.45 bits per heavy atom. The van der Waals surface area contributed by atoms with E-state index in [0.29, 0.717) is 17.4 Å². The number of thiazole rings is 1. The molecule has 1 heterocycles. The first kappa shape index (κ1) is 15.1. The molecule has 0 fully saturated rings. The van der Waals surface area contributed by atoms with Crippen LogP contribution in [-0.2, 0) is 10.0 Å². The maximum absolute atomic E-state index is 13.4. The van der Waals surface area contributed by atoms with E-state index in [1.807, 2.05) is 4.72 Å². The molecular formula is C10H6ClF3N2O2S2. The summed E-state index contributed by atoms with van der Waals surface area (Å²) < 4.78 is 64.8. The topological polar surface area (TPSA) is 59.1 Å². The molecule has 0 aliphatic carbocycles. The molecule has 1 aromatic heterocycles. The number of aryl methyl sites for hydroxylation is 1. The summed E-state index contributed by atoms with van der Waals surface area (Å²) in [6.45, 7) is 1.40. The van der Waals surface area contributed by atoms with Gasteiger partial charge in [0.05, 0.1) is 11.4 Å². The Labute approximate surface area is 121 Å². The van der Waals surface area contributed by atoms with Gasteiger partial charge in [-0.3, -0.25) is 4.72 Å². The molecule has 0 atom stereocenters. The Morgan fingerprint density at radius 1 is 1.25 bits per heavy atom. The highest BCUT2D eigenvalue weighted by molar-refractivity contribution is 7.94. The summed E-state index contributed by atoms with van der Waals surface area (Å²) in [7, 11) is -4.18. The number of hydrogen-bond donors (Lipinski definition) is 1. The Hall–Kier alpha value is -1.32. The van der Waals surface area contributed by atoms with Crippen LogP contribution in [0, 0.1) is 24.4 Å². The van der Waals surface area contributed by atoms with Crippen molar-refractivity contribution in [3.8, 4) is 0 Å². The summed E-state index contributed by atoms with van der Waals surface area (Å²) >= 11 is 6.25. The van der Waals surface area contributed by atoms with E-state index < -0.39 is 33.2 Å². The van der Waals surface area contributed by atoms with E-state index in [0.717, 1.165) is 6.07 Å². The fourth-order valence-corrected chi connectivity index (χ4v) is 4.20. The second kappa shape index (κ2) is 5.23. The van der Waals surface area contributed by atoms with Gasteiger partial charge in [-0.05, 0) is 19.1 Å². The molecule has 2 rings (SSSR count). The van der Waals surface area contributed by atoms with Crippen LogP contribution in [0.15, 0.2) is 16.3 Å². The van der Waals surface area contributed by atoms with Crippen molar-refractivity contribution >= 4 is 38.6 Å². The van der Waals surface area contributed by atoms with E-state index in [4.69, 9.17) is 11.6 Å². The molecule has 0 saturated heterocycles. The molecule has 0 amide bonds. The highest BCUT2D eigenvalue weighted by Gasteiger charge is 2.24. The molecule has 4 nitrogen and oxygen atoms in total. The Balaban J connectivity index is 2.44. The van der Waals surface area contributed by atoms with Crippen LogP contribution in [-0.4, -0.2) is 13.4 Å². The fraction of sp³-hybridized carbons (Fsp3) is 0.100. The van der Waals surface area contributed by atoms with Gasteiger partial charge in [-0.15, -0.1) is 0 Å². The Morgan fingerprint density at radius 2 is 1.90 bits per heavy atom. The average Bonchev–Trinajstić information content (AvgIpc) is 2.70. The maximum atomic E-state index is 13.4. The molecule has 0 aliphatic rings. The predicted octanol–water partition coefficient (Wildman–Crippen LogP) is 3.32. The fourth-order valence-electron chi connectivity index (χ4n) is 1.40. The van der Waals surface area contributed by atoms with E-state index >= 15 is 0 Å². The molecule has 0 spiro atoms. The zero-order valence-electron chi connectivity index (χ0n) is 9.75. The van der Waals surface area contributed by atoms with E-state index in [1.165, 1.54) is 6.92 Å². The molecule has 10 heteroatoms. The zero-order chi connectivity index (χ0) is 15.1. The molecule has 0 unspecified atom stereocenters. The molecule has 0 aliphatic heterocycles. The average molecular weight is 343 g/mol. The van der Waals surface area contributed by atoms with Gasteiger partial charge in [0, 0.05) is 0 Å². The van der Waals surface area contributed by atoms with E-state index in [9.17, 15) is 21.6 Å². The van der Waals surface area contributed by atoms with E-state index in [2.05, 4.69) is 4.98 Å². The first-order chi connectivity index (χ1) is 9.22. The molecule has 2 aromatic rings. The maximum Gasteiger partial charge on any atom is 0.273 e. The van der Waals surface area contributed by atoms with Crippen molar-refractivity contribution in [2.45, 2.75) is 11.1 Å². The summed E-state index contributed by atoms with van der Waals surface area (Å²) in [5, 5.41) is 0. The second-order valence-electron chi connectivity index (χ2n) is 3.67. The van der Waals surface area contributed by atoms with Crippen LogP contribution in [0.2, 0.25) is 4.47 Å². The third-order valence-electron chi connectivity index (χ3n) is 2.25. The number of rotatable bonds is 3. The highest BCUT2D eigenvalue weighted by Crippen LogP contribution is 2.29. The number of anilines is 1. The number of aromatic nitrogens is 1. The minimum Gasteiger partial charge on any atom is -0.276 e. The van der Waals surface area contributed by atoms with Gasteiger partial charge in [0.1, 0.15) is 0 Å². The largest absolute Gasteiger partial charge is 0.276 e. The lowest BCUT2D eigenvalue weighted by molar-refractivity contribution is 0.449. The van der Waals surface area contributed by atoms with Gasteiger partial charge in [-0.25, -0.2) is 26.6 Å². The van der Waals surface area contributed by atoms with Gasteiger partial charge in [0.2, 0.25) is 0 Å². The molecule has 0 radical (unpaired) electrons. The lowest BCUT2D eigenvalue weighted by atomic mass is 10.3. The van der Waals surface area contributed by atoms with Crippen molar-refractivity contribution in [2.75, 3.05) is 4.72 Å². The molecule has 1 aromatic carbocycles. The molecule has 1 N–H and O–H groups in total. The van der Waals surface area contributed by atoms with Crippen LogP contribution in [0.5, 0.6) is 0 Å². The van der Waals surface area contributed by atoms with Crippen LogP contribution >= 0.6 is 22.9 Å². The quantitative estimate of drug-likeness (QED) is 0.870. The smallest absolute Gasteiger partial charge is 0.273 e. The van der Waals surface area contributed by atoms with Crippen molar-refractivity contribution in [1.82, 2.24) is 4.98 Å². The summed E-state index contributed by atoms with van der Waals surface area (Å²) in [6.07, 6.45) is 0. The third-order valence-corrected chi connectivity index (χ3v) is 5.49.